The molecule has 0 aliphatic carbocycles. The number of hydrogen-bond donors (Lipinski definition) is 2. The number of piperazine rings is 1. The third-order valence-electron chi connectivity index (χ3n) is 8.14. The van der Waals surface area contributed by atoms with Crippen molar-refractivity contribution in [2.24, 2.45) is 5.41 Å². The zero-order valence-corrected chi connectivity index (χ0v) is 23.7. The number of para-hydroxylation sites is 1. The zero-order valence-electron chi connectivity index (χ0n) is 23.7. The van der Waals surface area contributed by atoms with E-state index in [9.17, 15) is 14.4 Å². The first-order valence-electron chi connectivity index (χ1n) is 13.9. The molecule has 212 valence electrons. The minimum atomic E-state index is -0.731. The van der Waals surface area contributed by atoms with E-state index in [2.05, 4.69) is 20.3 Å². The van der Waals surface area contributed by atoms with E-state index >= 15 is 0 Å². The number of pyridine rings is 2. The summed E-state index contributed by atoms with van der Waals surface area (Å²) in [5.74, 6) is -0.629. The smallest absolute Gasteiger partial charge is 0.272 e. The third kappa shape index (κ3) is 4.98. The van der Waals surface area contributed by atoms with Gasteiger partial charge in [-0.25, -0.2) is 4.98 Å². The molecule has 5 heterocycles. The lowest BCUT2D eigenvalue weighted by atomic mass is 9.85. The molecule has 0 unspecified atom stereocenters. The minimum absolute atomic E-state index is 0.110. The second-order valence-corrected chi connectivity index (χ2v) is 12.0. The first-order valence-corrected chi connectivity index (χ1v) is 13.9. The van der Waals surface area contributed by atoms with E-state index < -0.39 is 11.5 Å². The number of nitrogens with zero attached hydrogens (tertiary/aromatic N) is 5. The van der Waals surface area contributed by atoms with Gasteiger partial charge in [0, 0.05) is 47.5 Å². The number of rotatable bonds is 5. The predicted molar refractivity (Wildman–Crippen MR) is 156 cm³/mol. The molecular weight excluding hydrogens is 530 g/mol. The van der Waals surface area contributed by atoms with Crippen LogP contribution in [0.5, 0.6) is 0 Å². The van der Waals surface area contributed by atoms with Crippen molar-refractivity contribution < 1.29 is 14.4 Å². The second kappa shape index (κ2) is 10.4. The number of aromatic amines is 1. The molecule has 0 radical (unpaired) electrons. The maximum atomic E-state index is 13.8. The summed E-state index contributed by atoms with van der Waals surface area (Å²) >= 11 is 0. The number of aromatic nitrogens is 3. The molecule has 3 aromatic heterocycles. The maximum absolute atomic E-state index is 13.8. The molecule has 0 saturated carbocycles. The molecule has 10 nitrogen and oxygen atoms in total. The summed E-state index contributed by atoms with van der Waals surface area (Å²) < 4.78 is 0. The lowest BCUT2D eigenvalue weighted by molar-refractivity contribution is -0.138. The van der Waals surface area contributed by atoms with Gasteiger partial charge in [-0.15, -0.1) is 0 Å². The first kappa shape index (κ1) is 27.1. The van der Waals surface area contributed by atoms with Crippen LogP contribution in [0.4, 0.5) is 0 Å². The van der Waals surface area contributed by atoms with Crippen LogP contribution in [0, 0.1) is 16.7 Å². The van der Waals surface area contributed by atoms with Gasteiger partial charge in [-0.05, 0) is 42.2 Å². The van der Waals surface area contributed by atoms with Crippen molar-refractivity contribution in [2.45, 2.75) is 45.3 Å². The highest BCUT2D eigenvalue weighted by Crippen LogP contribution is 2.34. The molecule has 42 heavy (non-hydrogen) atoms. The fraction of sp³-hybridized carbons (Fsp3) is 0.312. The van der Waals surface area contributed by atoms with Gasteiger partial charge >= 0.3 is 0 Å². The van der Waals surface area contributed by atoms with Gasteiger partial charge in [0.05, 0.1) is 12.1 Å². The average molecular weight is 562 g/mol. The molecule has 2 fully saturated rings. The number of amides is 3. The van der Waals surface area contributed by atoms with Gasteiger partial charge in [0.25, 0.3) is 11.8 Å². The topological polar surface area (TPSA) is 135 Å². The van der Waals surface area contributed by atoms with Crippen molar-refractivity contribution in [3.8, 4) is 17.2 Å². The number of nitriles is 1. The molecule has 2 aliphatic heterocycles. The van der Waals surface area contributed by atoms with E-state index in [1.54, 1.807) is 41.6 Å². The van der Waals surface area contributed by atoms with Crippen LogP contribution in [0.3, 0.4) is 0 Å². The van der Waals surface area contributed by atoms with Crippen LogP contribution in [0.25, 0.3) is 22.0 Å². The molecule has 3 atom stereocenters. The van der Waals surface area contributed by atoms with Gasteiger partial charge in [0.15, 0.2) is 0 Å². The van der Waals surface area contributed by atoms with E-state index in [1.165, 1.54) is 0 Å². The highest BCUT2D eigenvalue weighted by atomic mass is 16.2. The van der Waals surface area contributed by atoms with Gasteiger partial charge in [-0.1, -0.05) is 45.0 Å². The summed E-state index contributed by atoms with van der Waals surface area (Å²) in [6, 6.07) is 17.4. The number of H-pyrrole nitrogens is 1. The largest absolute Gasteiger partial charge is 0.351 e. The van der Waals surface area contributed by atoms with Crippen molar-refractivity contribution in [2.75, 3.05) is 13.1 Å². The Bertz CT molecular complexity index is 1680. The fourth-order valence-corrected chi connectivity index (χ4v) is 5.87. The monoisotopic (exact) mass is 561 g/mol. The Kier molecular flexibility index (Phi) is 6.73. The van der Waals surface area contributed by atoms with Gasteiger partial charge in [0.1, 0.15) is 29.2 Å². The predicted octanol–water partition coefficient (Wildman–Crippen LogP) is 3.77. The van der Waals surface area contributed by atoms with Crippen molar-refractivity contribution in [3.63, 3.8) is 0 Å². The zero-order chi connectivity index (χ0) is 29.6. The van der Waals surface area contributed by atoms with Crippen LogP contribution in [0.2, 0.25) is 0 Å². The van der Waals surface area contributed by atoms with Crippen LogP contribution in [0.1, 0.15) is 53.9 Å². The summed E-state index contributed by atoms with van der Waals surface area (Å²) in [4.78, 5) is 55.7. The summed E-state index contributed by atoms with van der Waals surface area (Å²) in [7, 11) is 0. The summed E-state index contributed by atoms with van der Waals surface area (Å²) in [6.07, 6.45) is 3.93. The molecule has 6 rings (SSSR count). The van der Waals surface area contributed by atoms with E-state index in [1.807, 2.05) is 62.1 Å². The SMILES string of the molecule is CC(C)(C)[C@H](NC(=O)c1cc2ccccc2[nH]1)C(=O)N1C[C@@H]2C[C@H]1CN2C(=O)c1ccc(-c2ccc(C#N)nc2)cn1. The Balaban J connectivity index is 1.12. The molecule has 1 aromatic carbocycles. The van der Waals surface area contributed by atoms with Gasteiger partial charge in [-0.2, -0.15) is 5.26 Å². The minimum Gasteiger partial charge on any atom is -0.351 e. The molecule has 0 spiro atoms. The Morgan fingerprint density at radius 1 is 0.976 bits per heavy atom. The van der Waals surface area contributed by atoms with Crippen molar-refractivity contribution >= 4 is 28.6 Å². The van der Waals surface area contributed by atoms with Crippen LogP contribution in [0.15, 0.2) is 67.0 Å². The van der Waals surface area contributed by atoms with E-state index in [0.29, 0.717) is 36.6 Å². The van der Waals surface area contributed by atoms with Crippen molar-refractivity contribution in [3.05, 3.63) is 84.1 Å². The number of carbonyl (C=O) groups excluding carboxylic acids is 3. The standard InChI is InChI=1S/C32H31N7O3/c1-32(2,3)28(37-29(40)27-12-19-6-4-5-7-25(19)36-27)31(42)39-18-23-13-24(39)17-38(23)30(41)26-11-9-21(16-35-26)20-8-10-22(14-33)34-15-20/h4-12,15-16,23-24,28,36H,13,17-18H2,1-3H3,(H,37,40)/t23-,24-,28+/m0/s1. The van der Waals surface area contributed by atoms with E-state index in [4.69, 9.17) is 5.26 Å². The Labute approximate surface area is 243 Å². The Morgan fingerprint density at radius 3 is 2.26 bits per heavy atom. The molecule has 4 aromatic rings. The highest BCUT2D eigenvalue weighted by Gasteiger charge is 2.50. The summed E-state index contributed by atoms with van der Waals surface area (Å²) in [6.45, 7) is 6.65. The van der Waals surface area contributed by atoms with Crippen molar-refractivity contribution in [1.82, 2.24) is 30.1 Å². The molecular formula is C32H31N7O3. The number of fused-ring (bicyclic) bond motifs is 3. The second-order valence-electron chi connectivity index (χ2n) is 12.0. The Morgan fingerprint density at radius 2 is 1.67 bits per heavy atom. The van der Waals surface area contributed by atoms with Crippen LogP contribution in [-0.4, -0.2) is 73.7 Å². The Hall–Kier alpha value is -5.04. The summed E-state index contributed by atoms with van der Waals surface area (Å²) in [5, 5.41) is 12.9. The fourth-order valence-electron chi connectivity index (χ4n) is 5.87. The highest BCUT2D eigenvalue weighted by molar-refractivity contribution is 6.00. The number of nitrogens with one attached hydrogen (secondary N) is 2. The number of likely N-dealkylation sites (tertiary alicyclic amines) is 2. The molecule has 2 aliphatic rings. The van der Waals surface area contributed by atoms with Gasteiger partial charge in [-0.3, -0.25) is 19.4 Å². The van der Waals surface area contributed by atoms with E-state index in [0.717, 1.165) is 22.0 Å². The molecule has 10 heteroatoms. The van der Waals surface area contributed by atoms with Gasteiger partial charge < -0.3 is 20.1 Å². The number of carbonyl (C=O) groups is 3. The van der Waals surface area contributed by atoms with Crippen LogP contribution >= 0.6 is 0 Å². The third-order valence-corrected chi connectivity index (χ3v) is 8.14. The number of benzene rings is 1. The molecule has 2 saturated heterocycles. The van der Waals surface area contributed by atoms with Gasteiger partial charge in [0.2, 0.25) is 5.91 Å². The quantitative estimate of drug-likeness (QED) is 0.381. The van der Waals surface area contributed by atoms with Crippen molar-refractivity contribution in [1.29, 1.82) is 5.26 Å². The number of hydrogen-bond acceptors (Lipinski definition) is 6. The molecule has 3 amide bonds. The normalized spacial score (nSPS) is 18.6. The van der Waals surface area contributed by atoms with E-state index in [-0.39, 0.29) is 29.8 Å². The first-order chi connectivity index (χ1) is 20.1. The lowest BCUT2D eigenvalue weighted by Gasteiger charge is -2.39. The average Bonchev–Trinajstić information content (AvgIpc) is 3.73. The maximum Gasteiger partial charge on any atom is 0.272 e. The molecule has 2 N–H and O–H groups in total. The van der Waals surface area contributed by atoms with Crippen LogP contribution in [-0.2, 0) is 4.79 Å². The molecule has 2 bridgehead atoms. The lowest BCUT2D eigenvalue weighted by Crippen LogP contribution is -2.59. The van der Waals surface area contributed by atoms with Crippen LogP contribution < -0.4 is 5.32 Å². The summed E-state index contributed by atoms with van der Waals surface area (Å²) in [5.41, 5.74) is 3.02.